The molecule has 0 aliphatic heterocycles. The first kappa shape index (κ1) is 14.2. The third kappa shape index (κ3) is 4.11. The molecular formula is C12H19NO3S. The van der Waals surface area contributed by atoms with Gasteiger partial charge in [-0.3, -0.25) is 4.90 Å². The van der Waals surface area contributed by atoms with Crippen LogP contribution in [0.2, 0.25) is 0 Å². The van der Waals surface area contributed by atoms with Gasteiger partial charge >= 0.3 is 5.97 Å². The van der Waals surface area contributed by atoms with Gasteiger partial charge in [0.2, 0.25) is 0 Å². The zero-order valence-corrected chi connectivity index (χ0v) is 11.1. The van der Waals surface area contributed by atoms with Crippen molar-refractivity contribution in [1.82, 2.24) is 4.90 Å². The molecule has 0 aliphatic carbocycles. The van der Waals surface area contributed by atoms with Crippen LogP contribution in [0.5, 0.6) is 0 Å². The van der Waals surface area contributed by atoms with E-state index in [9.17, 15) is 4.79 Å². The van der Waals surface area contributed by atoms with Crippen LogP contribution in [-0.2, 0) is 6.54 Å². The van der Waals surface area contributed by atoms with Crippen molar-refractivity contribution in [2.75, 3.05) is 19.7 Å². The lowest BCUT2D eigenvalue weighted by Gasteiger charge is -2.19. The Kier molecular flexibility index (Phi) is 5.61. The van der Waals surface area contributed by atoms with Crippen molar-refractivity contribution in [3.8, 4) is 0 Å². The Bertz CT molecular complexity index is 376. The first-order chi connectivity index (χ1) is 8.08. The quantitative estimate of drug-likeness (QED) is 0.784. The Labute approximate surface area is 106 Å². The Balaban J connectivity index is 2.68. The van der Waals surface area contributed by atoms with Crippen molar-refractivity contribution < 1.29 is 15.0 Å². The Hall–Kier alpha value is -0.910. The standard InChI is InChI=1S/C12H19NO3S/c1-3-13(5-4-6-14)8-10-7-11(12(15)16)17-9(10)2/h7,14H,3-6,8H2,1-2H3,(H,15,16). The van der Waals surface area contributed by atoms with Crippen molar-refractivity contribution in [1.29, 1.82) is 0 Å². The summed E-state index contributed by atoms with van der Waals surface area (Å²) in [5.74, 6) is -0.859. The van der Waals surface area contributed by atoms with Crippen LogP contribution in [0.15, 0.2) is 6.07 Å². The Morgan fingerprint density at radius 2 is 2.24 bits per heavy atom. The van der Waals surface area contributed by atoms with Crippen LogP contribution in [0.4, 0.5) is 0 Å². The second kappa shape index (κ2) is 6.74. The number of carboxylic acids is 1. The summed E-state index contributed by atoms with van der Waals surface area (Å²) >= 11 is 1.32. The number of aromatic carboxylic acids is 1. The minimum absolute atomic E-state index is 0.194. The summed E-state index contributed by atoms with van der Waals surface area (Å²) in [6, 6.07) is 1.75. The molecule has 0 saturated heterocycles. The van der Waals surface area contributed by atoms with Crippen LogP contribution < -0.4 is 0 Å². The summed E-state index contributed by atoms with van der Waals surface area (Å²) in [5.41, 5.74) is 1.08. The van der Waals surface area contributed by atoms with E-state index in [4.69, 9.17) is 10.2 Å². The number of aryl methyl sites for hydroxylation is 1. The lowest BCUT2D eigenvalue weighted by Crippen LogP contribution is -2.24. The van der Waals surface area contributed by atoms with E-state index in [2.05, 4.69) is 11.8 Å². The molecule has 17 heavy (non-hydrogen) atoms. The van der Waals surface area contributed by atoms with Crippen LogP contribution in [0, 0.1) is 6.92 Å². The molecule has 0 aliphatic rings. The summed E-state index contributed by atoms with van der Waals surface area (Å²) in [7, 11) is 0. The van der Waals surface area contributed by atoms with E-state index in [1.807, 2.05) is 6.92 Å². The highest BCUT2D eigenvalue weighted by Gasteiger charge is 2.13. The molecule has 0 amide bonds. The highest BCUT2D eigenvalue weighted by Crippen LogP contribution is 2.23. The largest absolute Gasteiger partial charge is 0.477 e. The predicted molar refractivity (Wildman–Crippen MR) is 68.7 cm³/mol. The summed E-state index contributed by atoms with van der Waals surface area (Å²) in [5, 5.41) is 17.7. The molecule has 4 nitrogen and oxygen atoms in total. The first-order valence-electron chi connectivity index (χ1n) is 5.74. The van der Waals surface area contributed by atoms with Gasteiger partial charge in [0.1, 0.15) is 4.88 Å². The highest BCUT2D eigenvalue weighted by atomic mass is 32.1. The molecule has 5 heteroatoms. The van der Waals surface area contributed by atoms with Crippen molar-refractivity contribution in [2.24, 2.45) is 0 Å². The lowest BCUT2D eigenvalue weighted by atomic mass is 10.2. The molecule has 1 aromatic rings. The maximum Gasteiger partial charge on any atom is 0.345 e. The summed E-state index contributed by atoms with van der Waals surface area (Å²) in [6.07, 6.45) is 0.753. The van der Waals surface area contributed by atoms with E-state index < -0.39 is 5.97 Å². The number of rotatable bonds is 7. The molecule has 0 radical (unpaired) electrons. The maximum atomic E-state index is 10.9. The second-order valence-corrected chi connectivity index (χ2v) is 5.20. The van der Waals surface area contributed by atoms with Crippen LogP contribution in [0.3, 0.4) is 0 Å². The number of aliphatic hydroxyl groups excluding tert-OH is 1. The molecule has 1 aromatic heterocycles. The van der Waals surface area contributed by atoms with Crippen LogP contribution in [0.1, 0.15) is 33.5 Å². The monoisotopic (exact) mass is 257 g/mol. The van der Waals surface area contributed by atoms with Gasteiger partial charge in [-0.15, -0.1) is 11.3 Å². The van der Waals surface area contributed by atoms with E-state index >= 15 is 0 Å². The number of nitrogens with zero attached hydrogens (tertiary/aromatic N) is 1. The number of aliphatic hydroxyl groups is 1. The van der Waals surface area contributed by atoms with Crippen molar-refractivity contribution in [2.45, 2.75) is 26.8 Å². The molecule has 0 aromatic carbocycles. The normalized spacial score (nSPS) is 11.1. The summed E-state index contributed by atoms with van der Waals surface area (Å²) < 4.78 is 0. The van der Waals surface area contributed by atoms with Gasteiger partial charge in [-0.05, 0) is 31.5 Å². The molecule has 0 saturated carbocycles. The molecule has 0 fully saturated rings. The predicted octanol–water partition coefficient (Wildman–Crippen LogP) is 1.96. The minimum Gasteiger partial charge on any atom is -0.477 e. The molecule has 0 bridgehead atoms. The van der Waals surface area contributed by atoms with Crippen molar-refractivity contribution in [3.05, 3.63) is 21.4 Å². The fraction of sp³-hybridized carbons (Fsp3) is 0.583. The Morgan fingerprint density at radius 3 is 2.71 bits per heavy atom. The summed E-state index contributed by atoms with van der Waals surface area (Å²) in [6.45, 7) is 6.71. The van der Waals surface area contributed by atoms with Gasteiger partial charge in [0.25, 0.3) is 0 Å². The SMILES string of the molecule is CCN(CCCO)Cc1cc(C(=O)O)sc1C. The molecular weight excluding hydrogens is 238 g/mol. The molecule has 0 spiro atoms. The fourth-order valence-electron chi connectivity index (χ4n) is 1.67. The maximum absolute atomic E-state index is 10.9. The number of hydrogen-bond donors (Lipinski definition) is 2. The minimum atomic E-state index is -0.859. The van der Waals surface area contributed by atoms with Crippen molar-refractivity contribution in [3.63, 3.8) is 0 Å². The van der Waals surface area contributed by atoms with Gasteiger partial charge in [-0.1, -0.05) is 6.92 Å². The van der Waals surface area contributed by atoms with E-state index in [1.165, 1.54) is 11.3 Å². The Morgan fingerprint density at radius 1 is 1.53 bits per heavy atom. The number of carboxylic acid groups (broad SMARTS) is 1. The summed E-state index contributed by atoms with van der Waals surface area (Å²) in [4.78, 5) is 14.5. The molecule has 1 heterocycles. The van der Waals surface area contributed by atoms with Gasteiger partial charge in [-0.2, -0.15) is 0 Å². The van der Waals surface area contributed by atoms with E-state index in [-0.39, 0.29) is 6.61 Å². The van der Waals surface area contributed by atoms with Gasteiger partial charge in [0.05, 0.1) is 0 Å². The van der Waals surface area contributed by atoms with E-state index in [1.54, 1.807) is 6.07 Å². The molecule has 0 atom stereocenters. The van der Waals surface area contributed by atoms with Crippen LogP contribution in [0.25, 0.3) is 0 Å². The van der Waals surface area contributed by atoms with Crippen LogP contribution >= 0.6 is 11.3 Å². The van der Waals surface area contributed by atoms with Gasteiger partial charge in [0.15, 0.2) is 0 Å². The third-order valence-electron chi connectivity index (χ3n) is 2.70. The topological polar surface area (TPSA) is 60.8 Å². The molecule has 2 N–H and O–H groups in total. The van der Waals surface area contributed by atoms with E-state index in [0.717, 1.165) is 36.5 Å². The highest BCUT2D eigenvalue weighted by molar-refractivity contribution is 7.14. The molecule has 1 rings (SSSR count). The average molecular weight is 257 g/mol. The number of carbonyl (C=O) groups is 1. The number of hydrogen-bond acceptors (Lipinski definition) is 4. The smallest absolute Gasteiger partial charge is 0.345 e. The van der Waals surface area contributed by atoms with E-state index in [0.29, 0.717) is 4.88 Å². The fourth-order valence-corrected chi connectivity index (χ4v) is 2.54. The number of thiophene rings is 1. The molecule has 96 valence electrons. The van der Waals surface area contributed by atoms with Gasteiger partial charge in [-0.25, -0.2) is 4.79 Å². The van der Waals surface area contributed by atoms with Gasteiger partial charge < -0.3 is 10.2 Å². The zero-order valence-electron chi connectivity index (χ0n) is 10.3. The van der Waals surface area contributed by atoms with Crippen LogP contribution in [-0.4, -0.2) is 40.8 Å². The van der Waals surface area contributed by atoms with Gasteiger partial charge in [0, 0.05) is 24.6 Å². The zero-order chi connectivity index (χ0) is 12.8. The average Bonchev–Trinajstić information content (AvgIpc) is 2.66. The molecule has 0 unspecified atom stereocenters. The first-order valence-corrected chi connectivity index (χ1v) is 6.56. The lowest BCUT2D eigenvalue weighted by molar-refractivity contribution is 0.0702. The second-order valence-electron chi connectivity index (χ2n) is 3.94. The third-order valence-corrected chi connectivity index (χ3v) is 3.79. The van der Waals surface area contributed by atoms with Crippen molar-refractivity contribution >= 4 is 17.3 Å².